The highest BCUT2D eigenvalue weighted by Gasteiger charge is 2.32. The van der Waals surface area contributed by atoms with Crippen LogP contribution >= 0.6 is 22.9 Å². The third-order valence-electron chi connectivity index (χ3n) is 6.71. The lowest BCUT2D eigenvalue weighted by Crippen LogP contribution is -2.54. The van der Waals surface area contributed by atoms with Crippen LogP contribution in [0.4, 0.5) is 29.7 Å². The summed E-state index contributed by atoms with van der Waals surface area (Å²) in [6.45, 7) is 5.94. The van der Waals surface area contributed by atoms with Crippen LogP contribution in [0.25, 0.3) is 32.2 Å². The van der Waals surface area contributed by atoms with Gasteiger partial charge in [0.2, 0.25) is 0 Å². The Kier molecular flexibility index (Phi) is 6.60. The van der Waals surface area contributed by atoms with Crippen molar-refractivity contribution in [2.45, 2.75) is 13.0 Å². The molecule has 3 heterocycles. The zero-order valence-electron chi connectivity index (χ0n) is 20.9. The number of fused-ring (bicyclic) bond motifs is 2. The lowest BCUT2D eigenvalue weighted by Gasteiger charge is -2.42. The molecule has 1 atom stereocenters. The van der Waals surface area contributed by atoms with Crippen LogP contribution in [0.3, 0.4) is 0 Å². The standard InChI is InChI=1S/C26H24ClF3N6OS/c1-12-11-35(7-8-36(12)25(37)13(2)28)23-15-9-16(27)19(20(30)21(15)32-10-18(23)34(3)4)14-5-6-17(29)24-22(14)33-26(31)38-24/h5-6,9-10,12H,2,7-8,11H2,1,3-4H3,(H2,31,33)/t12-/m1/s1. The first-order valence-electron chi connectivity index (χ1n) is 11.7. The molecule has 0 bridgehead atoms. The number of halogens is 4. The van der Waals surface area contributed by atoms with Crippen molar-refractivity contribution in [1.29, 1.82) is 0 Å². The number of rotatable bonds is 4. The summed E-state index contributed by atoms with van der Waals surface area (Å²) in [6.07, 6.45) is 1.57. The number of hydrogen-bond donors (Lipinski definition) is 1. The van der Waals surface area contributed by atoms with Gasteiger partial charge in [0.15, 0.2) is 16.8 Å². The predicted molar refractivity (Wildman–Crippen MR) is 148 cm³/mol. The Bertz CT molecular complexity index is 1620. The zero-order chi connectivity index (χ0) is 27.5. The van der Waals surface area contributed by atoms with Crippen LogP contribution < -0.4 is 15.5 Å². The van der Waals surface area contributed by atoms with Crippen LogP contribution in [0.15, 0.2) is 36.8 Å². The Morgan fingerprint density at radius 1 is 1.26 bits per heavy atom. The van der Waals surface area contributed by atoms with E-state index in [0.29, 0.717) is 29.7 Å². The molecular formula is C26H24ClF3N6OS. The fourth-order valence-electron chi connectivity index (χ4n) is 4.96. The summed E-state index contributed by atoms with van der Waals surface area (Å²) in [6, 6.07) is 3.97. The molecule has 7 nitrogen and oxygen atoms in total. The number of nitrogens with two attached hydrogens (primary N) is 1. The number of piperazine rings is 1. The predicted octanol–water partition coefficient (Wildman–Crippen LogP) is 5.61. The van der Waals surface area contributed by atoms with Gasteiger partial charge in [-0.2, -0.15) is 0 Å². The summed E-state index contributed by atoms with van der Waals surface area (Å²) in [7, 11) is 3.69. The van der Waals surface area contributed by atoms with Crippen molar-refractivity contribution in [3.63, 3.8) is 0 Å². The molecule has 38 heavy (non-hydrogen) atoms. The molecule has 1 amide bonds. The molecule has 0 spiro atoms. The number of nitrogen functional groups attached to an aromatic ring is 1. The highest BCUT2D eigenvalue weighted by Crippen LogP contribution is 2.44. The van der Waals surface area contributed by atoms with E-state index in [2.05, 4.69) is 16.5 Å². The smallest absolute Gasteiger partial charge is 0.282 e. The van der Waals surface area contributed by atoms with Crippen LogP contribution in [0.2, 0.25) is 5.02 Å². The van der Waals surface area contributed by atoms with E-state index in [1.54, 1.807) is 12.3 Å². The topological polar surface area (TPSA) is 78.6 Å². The van der Waals surface area contributed by atoms with Crippen LogP contribution in [0.1, 0.15) is 6.92 Å². The molecule has 1 aliphatic heterocycles. The lowest BCUT2D eigenvalue weighted by molar-refractivity contribution is -0.130. The van der Waals surface area contributed by atoms with Crippen molar-refractivity contribution in [1.82, 2.24) is 14.9 Å². The Hall–Kier alpha value is -3.57. The molecule has 5 rings (SSSR count). The zero-order valence-corrected chi connectivity index (χ0v) is 22.4. The quantitative estimate of drug-likeness (QED) is 0.327. The van der Waals surface area contributed by atoms with Gasteiger partial charge < -0.3 is 20.4 Å². The summed E-state index contributed by atoms with van der Waals surface area (Å²) >= 11 is 7.68. The third kappa shape index (κ3) is 4.19. The molecule has 2 aromatic heterocycles. The number of carbonyl (C=O) groups is 1. The number of hydrogen-bond acceptors (Lipinski definition) is 7. The van der Waals surface area contributed by atoms with Gasteiger partial charge in [-0.3, -0.25) is 9.78 Å². The second kappa shape index (κ2) is 9.63. The molecule has 2 aromatic carbocycles. The first-order chi connectivity index (χ1) is 18.0. The maximum Gasteiger partial charge on any atom is 0.282 e. The number of benzene rings is 2. The Morgan fingerprint density at radius 2 is 2.00 bits per heavy atom. The van der Waals surface area contributed by atoms with Gasteiger partial charge in [-0.15, -0.1) is 0 Å². The number of nitrogens with zero attached hydrogens (tertiary/aromatic N) is 5. The van der Waals surface area contributed by atoms with Gasteiger partial charge in [-0.25, -0.2) is 18.2 Å². The van der Waals surface area contributed by atoms with Gasteiger partial charge >= 0.3 is 0 Å². The van der Waals surface area contributed by atoms with Crippen molar-refractivity contribution in [3.05, 3.63) is 53.5 Å². The Labute approximate surface area is 225 Å². The lowest BCUT2D eigenvalue weighted by atomic mass is 9.99. The second-order valence-corrected chi connectivity index (χ2v) is 10.8. The summed E-state index contributed by atoms with van der Waals surface area (Å²) in [5.74, 6) is -2.92. The molecule has 12 heteroatoms. The molecule has 1 fully saturated rings. The average molecular weight is 561 g/mol. The fraction of sp³-hybridized carbons (Fsp3) is 0.269. The van der Waals surface area contributed by atoms with Gasteiger partial charge in [-0.1, -0.05) is 29.5 Å². The molecule has 1 saturated heterocycles. The maximum atomic E-state index is 16.2. The maximum absolute atomic E-state index is 16.2. The van der Waals surface area contributed by atoms with Crippen LogP contribution in [-0.4, -0.2) is 60.5 Å². The third-order valence-corrected chi connectivity index (χ3v) is 7.90. The summed E-state index contributed by atoms with van der Waals surface area (Å²) in [4.78, 5) is 26.2. The highest BCUT2D eigenvalue weighted by molar-refractivity contribution is 7.22. The molecule has 0 unspecified atom stereocenters. The first-order valence-corrected chi connectivity index (χ1v) is 12.9. The number of pyridine rings is 1. The van der Waals surface area contributed by atoms with E-state index in [1.807, 2.05) is 30.8 Å². The van der Waals surface area contributed by atoms with Crippen LogP contribution in [-0.2, 0) is 4.79 Å². The minimum Gasteiger partial charge on any atom is -0.375 e. The van der Waals surface area contributed by atoms with E-state index < -0.39 is 23.4 Å². The molecule has 0 aliphatic carbocycles. The second-order valence-electron chi connectivity index (χ2n) is 9.35. The van der Waals surface area contributed by atoms with Gasteiger partial charge in [0.1, 0.15) is 11.3 Å². The molecule has 198 valence electrons. The van der Waals surface area contributed by atoms with Gasteiger partial charge in [0.25, 0.3) is 5.91 Å². The first kappa shape index (κ1) is 26.1. The Morgan fingerprint density at radius 3 is 2.66 bits per heavy atom. The van der Waals surface area contributed by atoms with Crippen molar-refractivity contribution < 1.29 is 18.0 Å². The fourth-order valence-corrected chi connectivity index (χ4v) is 6.02. The van der Waals surface area contributed by atoms with Crippen molar-refractivity contribution in [3.8, 4) is 11.1 Å². The van der Waals surface area contributed by atoms with Crippen molar-refractivity contribution in [2.24, 2.45) is 0 Å². The number of amides is 1. The summed E-state index contributed by atoms with van der Waals surface area (Å²) in [5, 5.41) is 0.729. The molecule has 2 N–H and O–H groups in total. The largest absolute Gasteiger partial charge is 0.375 e. The van der Waals surface area contributed by atoms with Crippen molar-refractivity contribution >= 4 is 66.5 Å². The molecule has 4 aromatic rings. The number of carbonyl (C=O) groups excluding carboxylic acids is 1. The van der Waals surface area contributed by atoms with Gasteiger partial charge in [0.05, 0.1) is 32.8 Å². The van der Waals surface area contributed by atoms with E-state index in [-0.39, 0.29) is 44.0 Å². The van der Waals surface area contributed by atoms with Crippen LogP contribution in [0.5, 0.6) is 0 Å². The number of anilines is 3. The van der Waals surface area contributed by atoms with Crippen LogP contribution in [0, 0.1) is 11.6 Å². The normalized spacial score (nSPS) is 15.9. The SMILES string of the molecule is C=C(F)C(=O)N1CCN(c2c(N(C)C)cnc3c(F)c(-c4ccc(F)c5sc(N)nc45)c(Cl)cc23)C[C@H]1C. The molecule has 1 aliphatic rings. The van der Waals surface area contributed by atoms with Crippen molar-refractivity contribution in [2.75, 3.05) is 49.3 Å². The highest BCUT2D eigenvalue weighted by atomic mass is 35.5. The molecule has 0 saturated carbocycles. The van der Waals surface area contributed by atoms with E-state index in [9.17, 15) is 13.6 Å². The van der Waals surface area contributed by atoms with Gasteiger partial charge in [-0.05, 0) is 25.1 Å². The Balaban J connectivity index is 1.68. The van der Waals surface area contributed by atoms with E-state index >= 15 is 4.39 Å². The minimum absolute atomic E-state index is 0.0516. The van der Waals surface area contributed by atoms with Gasteiger partial charge in [0, 0.05) is 56.3 Å². The average Bonchev–Trinajstić information content (AvgIpc) is 3.26. The van der Waals surface area contributed by atoms with E-state index in [4.69, 9.17) is 17.3 Å². The molecular weight excluding hydrogens is 537 g/mol. The number of aromatic nitrogens is 2. The van der Waals surface area contributed by atoms with E-state index in [0.717, 1.165) is 17.0 Å². The minimum atomic E-state index is -1.01. The van der Waals surface area contributed by atoms with E-state index in [1.165, 1.54) is 17.0 Å². The number of thiazole rings is 1. The summed E-state index contributed by atoms with van der Waals surface area (Å²) < 4.78 is 44.4. The monoisotopic (exact) mass is 560 g/mol. The molecule has 0 radical (unpaired) electrons. The summed E-state index contributed by atoms with van der Waals surface area (Å²) in [5.41, 5.74) is 7.89.